The summed E-state index contributed by atoms with van der Waals surface area (Å²) in [6, 6.07) is 10.4. The van der Waals surface area contributed by atoms with Gasteiger partial charge in [-0.1, -0.05) is 32.0 Å². The Hall–Kier alpha value is -2.04. The third-order valence-corrected chi connectivity index (χ3v) is 5.68. The first-order valence-corrected chi connectivity index (χ1v) is 9.98. The molecule has 3 rings (SSSR count). The van der Waals surface area contributed by atoms with Crippen LogP contribution in [0.4, 0.5) is 5.69 Å². The van der Waals surface area contributed by atoms with Gasteiger partial charge in [-0.25, -0.2) is 0 Å². The molecule has 1 aliphatic carbocycles. The van der Waals surface area contributed by atoms with E-state index in [2.05, 4.69) is 31.3 Å². The summed E-state index contributed by atoms with van der Waals surface area (Å²) in [6.07, 6.45) is 3.63. The largest absolute Gasteiger partial charge is 0.506 e. The second-order valence-electron chi connectivity index (χ2n) is 7.77. The van der Waals surface area contributed by atoms with Gasteiger partial charge < -0.3 is 20.4 Å². The van der Waals surface area contributed by atoms with Gasteiger partial charge in [0.1, 0.15) is 5.75 Å². The molecular weight excluding hydrogens is 336 g/mol. The molecule has 0 spiro atoms. The number of benzene rings is 2. The lowest BCUT2D eigenvalue weighted by Crippen LogP contribution is -2.33. The lowest BCUT2D eigenvalue weighted by Gasteiger charge is -2.19. The van der Waals surface area contributed by atoms with Crippen molar-refractivity contribution in [3.8, 4) is 5.75 Å². The fourth-order valence-electron chi connectivity index (χ4n) is 4.08. The maximum Gasteiger partial charge on any atom is 0.138 e. The third-order valence-electron chi connectivity index (χ3n) is 5.68. The second kappa shape index (κ2) is 8.32. The Morgan fingerprint density at radius 3 is 2.15 bits per heavy atom. The Labute approximate surface area is 162 Å². The topological polar surface area (TPSA) is 55.7 Å². The minimum absolute atomic E-state index is 0.230. The molecule has 0 saturated heterocycles. The summed E-state index contributed by atoms with van der Waals surface area (Å²) in [4.78, 5) is 1.85. The van der Waals surface area contributed by atoms with Gasteiger partial charge in [0.25, 0.3) is 0 Å². The average Bonchev–Trinajstić information content (AvgIpc) is 3.06. The summed E-state index contributed by atoms with van der Waals surface area (Å²) in [5.41, 5.74) is 7.39. The number of aliphatic hydroxyl groups excluding tert-OH is 1. The standard InChI is InChI=1S/C23H32N2O2/c1-5-15-9-18-11-20(12-19(18)10-16(15)6-2)24-14-23(27)17-7-8-22(26)21(13-17)25(3)4/h7-10,13,20,23-24,26-27H,5-6,11-12,14H2,1-4H3/t23-/m0/s1. The maximum absolute atomic E-state index is 10.6. The molecular formula is C23H32N2O2. The zero-order valence-electron chi connectivity index (χ0n) is 16.9. The summed E-state index contributed by atoms with van der Waals surface area (Å²) < 4.78 is 0. The quantitative estimate of drug-likeness (QED) is 0.701. The lowest BCUT2D eigenvalue weighted by atomic mass is 9.97. The molecule has 0 saturated carbocycles. The highest BCUT2D eigenvalue weighted by molar-refractivity contribution is 5.58. The predicted molar refractivity (Wildman–Crippen MR) is 112 cm³/mol. The Morgan fingerprint density at radius 1 is 1.04 bits per heavy atom. The number of aliphatic hydroxyl groups is 1. The smallest absolute Gasteiger partial charge is 0.138 e. The molecule has 0 fully saturated rings. The number of hydrogen-bond donors (Lipinski definition) is 3. The van der Waals surface area contributed by atoms with E-state index >= 15 is 0 Å². The van der Waals surface area contributed by atoms with E-state index in [0.29, 0.717) is 12.6 Å². The van der Waals surface area contributed by atoms with Crippen molar-refractivity contribution in [3.63, 3.8) is 0 Å². The van der Waals surface area contributed by atoms with E-state index in [1.807, 2.05) is 25.1 Å². The second-order valence-corrected chi connectivity index (χ2v) is 7.77. The number of aryl methyl sites for hydroxylation is 2. The number of hydrogen-bond acceptors (Lipinski definition) is 4. The molecule has 3 N–H and O–H groups in total. The highest BCUT2D eigenvalue weighted by atomic mass is 16.3. The lowest BCUT2D eigenvalue weighted by molar-refractivity contribution is 0.170. The van der Waals surface area contributed by atoms with Crippen LogP contribution in [0.25, 0.3) is 0 Å². The number of nitrogens with one attached hydrogen (secondary N) is 1. The van der Waals surface area contributed by atoms with Gasteiger partial charge in [-0.15, -0.1) is 0 Å². The van der Waals surface area contributed by atoms with Crippen molar-refractivity contribution in [2.45, 2.75) is 51.7 Å². The molecule has 4 nitrogen and oxygen atoms in total. The molecule has 0 heterocycles. The van der Waals surface area contributed by atoms with Gasteiger partial charge in [0.15, 0.2) is 0 Å². The van der Waals surface area contributed by atoms with Crippen molar-refractivity contribution in [3.05, 3.63) is 58.1 Å². The van der Waals surface area contributed by atoms with Crippen molar-refractivity contribution in [1.29, 1.82) is 0 Å². The molecule has 0 unspecified atom stereocenters. The first-order valence-electron chi connectivity index (χ1n) is 9.98. The van der Waals surface area contributed by atoms with Gasteiger partial charge in [-0.05, 0) is 65.6 Å². The third kappa shape index (κ3) is 4.28. The highest BCUT2D eigenvalue weighted by Crippen LogP contribution is 2.30. The summed E-state index contributed by atoms with van der Waals surface area (Å²) in [6.45, 7) is 4.96. The van der Waals surface area contributed by atoms with Gasteiger partial charge >= 0.3 is 0 Å². The van der Waals surface area contributed by atoms with Gasteiger partial charge in [0.05, 0.1) is 11.8 Å². The van der Waals surface area contributed by atoms with Gasteiger partial charge in [0.2, 0.25) is 0 Å². The molecule has 0 aliphatic heterocycles. The minimum atomic E-state index is -0.592. The van der Waals surface area contributed by atoms with E-state index in [1.165, 1.54) is 22.3 Å². The fourth-order valence-corrected chi connectivity index (χ4v) is 4.08. The van der Waals surface area contributed by atoms with E-state index in [0.717, 1.165) is 36.9 Å². The Kier molecular flexibility index (Phi) is 6.08. The number of fused-ring (bicyclic) bond motifs is 1. The number of phenolic OH excluding ortho intramolecular Hbond substituents is 1. The summed E-state index contributed by atoms with van der Waals surface area (Å²) in [7, 11) is 3.77. The van der Waals surface area contributed by atoms with Crippen LogP contribution in [0.5, 0.6) is 5.75 Å². The molecule has 0 bridgehead atoms. The van der Waals surface area contributed by atoms with Gasteiger partial charge in [0, 0.05) is 26.7 Å². The highest BCUT2D eigenvalue weighted by Gasteiger charge is 2.23. The van der Waals surface area contributed by atoms with Crippen molar-refractivity contribution in [2.24, 2.45) is 0 Å². The van der Waals surface area contributed by atoms with Crippen LogP contribution in [0.15, 0.2) is 30.3 Å². The molecule has 146 valence electrons. The Bertz CT molecular complexity index is 768. The van der Waals surface area contributed by atoms with E-state index < -0.39 is 6.10 Å². The van der Waals surface area contributed by atoms with Crippen molar-refractivity contribution in [2.75, 3.05) is 25.5 Å². The van der Waals surface area contributed by atoms with Crippen molar-refractivity contribution in [1.82, 2.24) is 5.32 Å². The van der Waals surface area contributed by atoms with Crippen LogP contribution in [0.2, 0.25) is 0 Å². The van der Waals surface area contributed by atoms with Gasteiger partial charge in [-0.2, -0.15) is 0 Å². The molecule has 0 radical (unpaired) electrons. The molecule has 0 amide bonds. The first kappa shape index (κ1) is 19.7. The monoisotopic (exact) mass is 368 g/mol. The van der Waals surface area contributed by atoms with Crippen LogP contribution in [0, 0.1) is 0 Å². The van der Waals surface area contributed by atoms with E-state index in [1.54, 1.807) is 12.1 Å². The van der Waals surface area contributed by atoms with Crippen LogP contribution in [0.3, 0.4) is 0 Å². The van der Waals surface area contributed by atoms with Crippen LogP contribution >= 0.6 is 0 Å². The molecule has 27 heavy (non-hydrogen) atoms. The fraction of sp³-hybridized carbons (Fsp3) is 0.478. The summed E-state index contributed by atoms with van der Waals surface area (Å²) in [5.74, 6) is 0.230. The zero-order valence-corrected chi connectivity index (χ0v) is 16.9. The molecule has 1 atom stereocenters. The molecule has 0 aromatic heterocycles. The van der Waals surface area contributed by atoms with Crippen molar-refractivity contribution >= 4 is 5.69 Å². The number of aromatic hydroxyl groups is 1. The minimum Gasteiger partial charge on any atom is -0.506 e. The Balaban J connectivity index is 1.63. The number of anilines is 1. The van der Waals surface area contributed by atoms with E-state index in [4.69, 9.17) is 0 Å². The maximum atomic E-state index is 10.6. The molecule has 2 aromatic rings. The molecule has 2 aromatic carbocycles. The number of rotatable bonds is 7. The first-order chi connectivity index (χ1) is 12.9. The van der Waals surface area contributed by atoms with Crippen molar-refractivity contribution < 1.29 is 10.2 Å². The number of nitrogens with zero attached hydrogens (tertiary/aromatic N) is 1. The van der Waals surface area contributed by atoms with Gasteiger partial charge in [-0.3, -0.25) is 0 Å². The average molecular weight is 369 g/mol. The molecule has 1 aliphatic rings. The zero-order chi connectivity index (χ0) is 19.6. The van der Waals surface area contributed by atoms with Crippen LogP contribution in [-0.4, -0.2) is 36.9 Å². The van der Waals surface area contributed by atoms with E-state index in [9.17, 15) is 10.2 Å². The van der Waals surface area contributed by atoms with E-state index in [-0.39, 0.29) is 5.75 Å². The van der Waals surface area contributed by atoms with Crippen LogP contribution in [-0.2, 0) is 25.7 Å². The SMILES string of the molecule is CCc1cc2c(cc1CC)CC(NC[C@H](O)c1ccc(O)c(N(C)C)c1)C2. The number of phenols is 1. The summed E-state index contributed by atoms with van der Waals surface area (Å²) >= 11 is 0. The predicted octanol–water partition coefficient (Wildman–Crippen LogP) is 3.37. The van der Waals surface area contributed by atoms with Crippen LogP contribution in [0.1, 0.15) is 47.8 Å². The Morgan fingerprint density at radius 2 is 1.63 bits per heavy atom. The molecule has 4 heteroatoms. The summed E-state index contributed by atoms with van der Waals surface area (Å²) in [5, 5.41) is 24.1. The van der Waals surface area contributed by atoms with Crippen LogP contribution < -0.4 is 10.2 Å². The normalized spacial score (nSPS) is 15.0.